The van der Waals surface area contributed by atoms with Crippen molar-refractivity contribution in [3.8, 4) is 0 Å². The van der Waals surface area contributed by atoms with Crippen LogP contribution < -0.4 is 0 Å². The van der Waals surface area contributed by atoms with E-state index in [9.17, 15) is 4.79 Å². The number of hydrogen-bond acceptors (Lipinski definition) is 4. The number of para-hydroxylation sites is 3. The Bertz CT molecular complexity index is 1120. The molecule has 1 amide bonds. The van der Waals surface area contributed by atoms with E-state index in [0.717, 1.165) is 54.0 Å². The third-order valence-corrected chi connectivity index (χ3v) is 6.69. The Morgan fingerprint density at radius 1 is 1.04 bits per heavy atom. The van der Waals surface area contributed by atoms with Crippen molar-refractivity contribution in [3.05, 3.63) is 59.4 Å². The number of piperidine rings is 1. The summed E-state index contributed by atoms with van der Waals surface area (Å²) < 4.78 is 3.40. The number of benzene rings is 2. The normalized spacial score (nSPS) is 15.5. The number of nitrogens with zero attached hydrogens (tertiary/aromatic N) is 4. The number of imidazole rings is 1. The third kappa shape index (κ3) is 3.07. The van der Waals surface area contributed by atoms with Crippen molar-refractivity contribution in [2.45, 2.75) is 26.3 Å². The van der Waals surface area contributed by atoms with Gasteiger partial charge in [0.1, 0.15) is 5.82 Å². The second-order valence-corrected chi connectivity index (χ2v) is 8.51. The average Bonchev–Trinajstić information content (AvgIpc) is 3.29. The molecule has 1 fully saturated rings. The van der Waals surface area contributed by atoms with Crippen LogP contribution in [0.1, 0.15) is 28.5 Å². The largest absolute Gasteiger partial charge is 0.337 e. The zero-order valence-electron chi connectivity index (χ0n) is 15.8. The van der Waals surface area contributed by atoms with Gasteiger partial charge in [0.25, 0.3) is 5.91 Å². The predicted molar refractivity (Wildman–Crippen MR) is 113 cm³/mol. The summed E-state index contributed by atoms with van der Waals surface area (Å²) in [6, 6.07) is 16.2. The molecule has 3 heterocycles. The number of aryl methyl sites for hydroxylation is 1. The van der Waals surface area contributed by atoms with E-state index in [2.05, 4.69) is 39.7 Å². The molecule has 4 aromatic rings. The van der Waals surface area contributed by atoms with Crippen LogP contribution in [-0.2, 0) is 6.54 Å². The lowest BCUT2D eigenvalue weighted by atomic mass is 9.96. The zero-order valence-corrected chi connectivity index (χ0v) is 16.7. The minimum atomic E-state index is 0.0731. The van der Waals surface area contributed by atoms with Gasteiger partial charge >= 0.3 is 0 Å². The maximum atomic E-state index is 12.9. The molecule has 28 heavy (non-hydrogen) atoms. The van der Waals surface area contributed by atoms with Crippen molar-refractivity contribution in [1.82, 2.24) is 19.4 Å². The molecule has 6 heteroatoms. The Hall–Kier alpha value is -2.73. The molecule has 0 atom stereocenters. The van der Waals surface area contributed by atoms with Gasteiger partial charge in [-0.25, -0.2) is 9.97 Å². The van der Waals surface area contributed by atoms with Crippen molar-refractivity contribution < 1.29 is 4.79 Å². The lowest BCUT2D eigenvalue weighted by molar-refractivity contribution is 0.0683. The van der Waals surface area contributed by atoms with Crippen LogP contribution in [0.25, 0.3) is 21.3 Å². The highest BCUT2D eigenvalue weighted by atomic mass is 32.1. The molecule has 0 aliphatic carbocycles. The van der Waals surface area contributed by atoms with Gasteiger partial charge in [0, 0.05) is 19.6 Å². The van der Waals surface area contributed by atoms with Crippen LogP contribution in [0.4, 0.5) is 0 Å². The second-order valence-electron chi connectivity index (χ2n) is 7.48. The summed E-state index contributed by atoms with van der Waals surface area (Å²) in [6.45, 7) is 4.64. The van der Waals surface area contributed by atoms with Crippen LogP contribution in [0.2, 0.25) is 0 Å². The van der Waals surface area contributed by atoms with E-state index >= 15 is 0 Å². The predicted octanol–water partition coefficient (Wildman–Crippen LogP) is 4.51. The number of rotatable bonds is 3. The van der Waals surface area contributed by atoms with Crippen LogP contribution in [0, 0.1) is 12.8 Å². The molecule has 0 spiro atoms. The van der Waals surface area contributed by atoms with E-state index in [1.807, 2.05) is 35.2 Å². The van der Waals surface area contributed by atoms with E-state index in [1.165, 1.54) is 16.9 Å². The summed E-state index contributed by atoms with van der Waals surface area (Å²) in [4.78, 5) is 24.0. The van der Waals surface area contributed by atoms with Crippen LogP contribution in [0.3, 0.4) is 0 Å². The summed E-state index contributed by atoms with van der Waals surface area (Å²) in [6.07, 6.45) is 2.03. The number of fused-ring (bicyclic) bond motifs is 2. The first-order valence-electron chi connectivity index (χ1n) is 9.76. The molecule has 0 unspecified atom stereocenters. The first-order valence-corrected chi connectivity index (χ1v) is 10.6. The van der Waals surface area contributed by atoms with Crippen LogP contribution >= 0.6 is 11.3 Å². The standard InChI is InChI=1S/C22H22N4OS/c1-15-23-17-6-2-4-8-19(17)26(15)14-16-10-12-25(13-11-16)22(27)21-24-18-7-3-5-9-20(18)28-21/h2-9,16H,10-14H2,1H3. The van der Waals surface area contributed by atoms with Crippen molar-refractivity contribution in [3.63, 3.8) is 0 Å². The first-order chi connectivity index (χ1) is 13.7. The maximum absolute atomic E-state index is 12.9. The molecule has 1 aliphatic heterocycles. The number of amides is 1. The topological polar surface area (TPSA) is 51.0 Å². The summed E-state index contributed by atoms with van der Waals surface area (Å²) in [5.41, 5.74) is 3.17. The van der Waals surface area contributed by atoms with Crippen LogP contribution in [0.15, 0.2) is 48.5 Å². The molecule has 1 aliphatic rings. The number of aromatic nitrogens is 3. The fourth-order valence-electron chi connectivity index (χ4n) is 4.10. The summed E-state index contributed by atoms with van der Waals surface area (Å²) >= 11 is 1.49. The second kappa shape index (κ2) is 7.02. The SMILES string of the molecule is Cc1nc2ccccc2n1CC1CCN(C(=O)c2nc3ccccc3s2)CC1. The highest BCUT2D eigenvalue weighted by molar-refractivity contribution is 7.20. The van der Waals surface area contributed by atoms with Gasteiger partial charge in [-0.3, -0.25) is 4.79 Å². The Labute approximate surface area is 167 Å². The van der Waals surface area contributed by atoms with Gasteiger partial charge < -0.3 is 9.47 Å². The number of thiazole rings is 1. The number of likely N-dealkylation sites (tertiary alicyclic amines) is 1. The number of carbonyl (C=O) groups is 1. The monoisotopic (exact) mass is 390 g/mol. The van der Waals surface area contributed by atoms with E-state index < -0.39 is 0 Å². The van der Waals surface area contributed by atoms with E-state index in [0.29, 0.717) is 10.9 Å². The first kappa shape index (κ1) is 17.4. The third-order valence-electron chi connectivity index (χ3n) is 5.66. The number of hydrogen-bond donors (Lipinski definition) is 0. The van der Waals surface area contributed by atoms with Crippen molar-refractivity contribution in [2.75, 3.05) is 13.1 Å². The van der Waals surface area contributed by atoms with E-state index in [1.54, 1.807) is 0 Å². The Kier molecular flexibility index (Phi) is 4.36. The summed E-state index contributed by atoms with van der Waals surface area (Å²) in [5, 5.41) is 0.607. The van der Waals surface area contributed by atoms with Crippen LogP contribution in [0.5, 0.6) is 0 Å². The highest BCUT2D eigenvalue weighted by Gasteiger charge is 2.26. The molecular formula is C22H22N4OS. The van der Waals surface area contributed by atoms with Gasteiger partial charge in [-0.1, -0.05) is 24.3 Å². The minimum absolute atomic E-state index is 0.0731. The molecule has 0 bridgehead atoms. The molecule has 142 valence electrons. The molecule has 2 aromatic carbocycles. The molecule has 0 radical (unpaired) electrons. The lowest BCUT2D eigenvalue weighted by Gasteiger charge is -2.32. The molecule has 2 aromatic heterocycles. The fourth-order valence-corrected chi connectivity index (χ4v) is 5.04. The highest BCUT2D eigenvalue weighted by Crippen LogP contribution is 2.27. The quantitative estimate of drug-likeness (QED) is 0.517. The van der Waals surface area contributed by atoms with Gasteiger partial charge in [0.05, 0.1) is 21.3 Å². The van der Waals surface area contributed by atoms with Crippen LogP contribution in [-0.4, -0.2) is 38.4 Å². The van der Waals surface area contributed by atoms with Gasteiger partial charge in [0.2, 0.25) is 0 Å². The van der Waals surface area contributed by atoms with Gasteiger partial charge in [-0.15, -0.1) is 11.3 Å². The molecule has 0 N–H and O–H groups in total. The molecule has 1 saturated heterocycles. The lowest BCUT2D eigenvalue weighted by Crippen LogP contribution is -2.39. The molecule has 5 nitrogen and oxygen atoms in total. The smallest absolute Gasteiger partial charge is 0.282 e. The molecule has 5 rings (SSSR count). The van der Waals surface area contributed by atoms with Crippen molar-refractivity contribution in [2.24, 2.45) is 5.92 Å². The maximum Gasteiger partial charge on any atom is 0.282 e. The zero-order chi connectivity index (χ0) is 19.1. The molecular weight excluding hydrogens is 368 g/mol. The minimum Gasteiger partial charge on any atom is -0.337 e. The average molecular weight is 391 g/mol. The van der Waals surface area contributed by atoms with Gasteiger partial charge in [-0.2, -0.15) is 0 Å². The van der Waals surface area contributed by atoms with Gasteiger partial charge in [-0.05, 0) is 49.9 Å². The van der Waals surface area contributed by atoms with E-state index in [4.69, 9.17) is 0 Å². The fraction of sp³-hybridized carbons (Fsp3) is 0.318. The van der Waals surface area contributed by atoms with Crippen molar-refractivity contribution in [1.29, 1.82) is 0 Å². The van der Waals surface area contributed by atoms with Gasteiger partial charge in [0.15, 0.2) is 5.01 Å². The number of carbonyl (C=O) groups excluding carboxylic acids is 1. The molecule has 0 saturated carbocycles. The van der Waals surface area contributed by atoms with Crippen molar-refractivity contribution >= 4 is 38.5 Å². The Balaban J connectivity index is 1.27. The Morgan fingerprint density at radius 2 is 1.75 bits per heavy atom. The Morgan fingerprint density at radius 3 is 2.54 bits per heavy atom. The van der Waals surface area contributed by atoms with E-state index in [-0.39, 0.29) is 5.91 Å². The summed E-state index contributed by atoms with van der Waals surface area (Å²) in [5.74, 6) is 1.70. The summed E-state index contributed by atoms with van der Waals surface area (Å²) in [7, 11) is 0.